The molecule has 4 nitrogen and oxygen atoms in total. The van der Waals surface area contributed by atoms with Gasteiger partial charge in [0.05, 0.1) is 21.5 Å². The summed E-state index contributed by atoms with van der Waals surface area (Å²) in [6.07, 6.45) is 1.68. The molecule has 2 aromatic heterocycles. The van der Waals surface area contributed by atoms with Crippen LogP contribution in [-0.2, 0) is 0 Å². The van der Waals surface area contributed by atoms with Gasteiger partial charge in [-0.3, -0.25) is 9.78 Å². The summed E-state index contributed by atoms with van der Waals surface area (Å²) in [6.45, 7) is 0. The molecule has 0 saturated heterocycles. The molecule has 0 aliphatic heterocycles. The summed E-state index contributed by atoms with van der Waals surface area (Å²) in [4.78, 5) is 21.8. The number of amides is 1. The molecule has 4 rings (SSSR count). The highest BCUT2D eigenvalue weighted by Gasteiger charge is 2.17. The topological polar surface area (TPSA) is 54.9 Å². The number of thiazole rings is 1. The molecule has 0 bridgehead atoms. The van der Waals surface area contributed by atoms with E-state index in [0.29, 0.717) is 16.9 Å². The Morgan fingerprint density at radius 2 is 1.80 bits per heavy atom. The number of nitrogens with one attached hydrogen (secondary N) is 1. The monoisotopic (exact) mass is 409 g/mol. The number of pyridine rings is 1. The van der Waals surface area contributed by atoms with E-state index >= 15 is 0 Å². The van der Waals surface area contributed by atoms with E-state index in [1.54, 1.807) is 18.3 Å². The lowest BCUT2D eigenvalue weighted by molar-refractivity contribution is 0.102. The standard InChI is InChI=1S/C19H12BrN3OS/c20-13-7-1-2-8-14(13)22-18(24)12-6-5-11-21-17(12)19-23-15-9-3-4-10-16(15)25-19/h1-11H,(H,22,24). The Labute approximate surface area is 156 Å². The van der Waals surface area contributed by atoms with E-state index in [-0.39, 0.29) is 5.91 Å². The van der Waals surface area contributed by atoms with E-state index in [1.165, 1.54) is 11.3 Å². The van der Waals surface area contributed by atoms with Gasteiger partial charge in [0.25, 0.3) is 5.91 Å². The van der Waals surface area contributed by atoms with Gasteiger partial charge in [0.2, 0.25) is 0 Å². The smallest absolute Gasteiger partial charge is 0.258 e. The molecule has 0 aliphatic rings. The van der Waals surface area contributed by atoms with Gasteiger partial charge in [-0.2, -0.15) is 0 Å². The third kappa shape index (κ3) is 3.18. The van der Waals surface area contributed by atoms with Crippen LogP contribution in [0.1, 0.15) is 10.4 Å². The second-order valence-corrected chi connectivity index (χ2v) is 7.21. The van der Waals surface area contributed by atoms with Gasteiger partial charge in [-0.25, -0.2) is 4.98 Å². The van der Waals surface area contributed by atoms with Crippen LogP contribution < -0.4 is 5.32 Å². The minimum Gasteiger partial charge on any atom is -0.321 e. The molecule has 0 unspecified atom stereocenters. The van der Waals surface area contributed by atoms with Crippen molar-refractivity contribution in [1.29, 1.82) is 0 Å². The normalized spacial score (nSPS) is 10.8. The Bertz CT molecular complexity index is 1040. The van der Waals surface area contributed by atoms with Crippen LogP contribution in [-0.4, -0.2) is 15.9 Å². The first-order valence-corrected chi connectivity index (χ1v) is 9.20. The van der Waals surface area contributed by atoms with Gasteiger partial charge >= 0.3 is 0 Å². The van der Waals surface area contributed by atoms with Gasteiger partial charge in [0, 0.05) is 10.7 Å². The summed E-state index contributed by atoms with van der Waals surface area (Å²) in [6, 6.07) is 18.9. The zero-order valence-electron chi connectivity index (χ0n) is 12.9. The van der Waals surface area contributed by atoms with Crippen molar-refractivity contribution in [3.63, 3.8) is 0 Å². The number of nitrogens with zero attached hydrogens (tertiary/aromatic N) is 2. The quantitative estimate of drug-likeness (QED) is 0.494. The first-order valence-electron chi connectivity index (χ1n) is 7.59. The fraction of sp³-hybridized carbons (Fsp3) is 0. The zero-order chi connectivity index (χ0) is 17.2. The third-order valence-electron chi connectivity index (χ3n) is 3.67. The van der Waals surface area contributed by atoms with Crippen molar-refractivity contribution >= 4 is 49.1 Å². The Morgan fingerprint density at radius 3 is 2.64 bits per heavy atom. The zero-order valence-corrected chi connectivity index (χ0v) is 15.3. The van der Waals surface area contributed by atoms with E-state index in [0.717, 1.165) is 19.7 Å². The molecule has 2 heterocycles. The number of fused-ring (bicyclic) bond motifs is 1. The number of aromatic nitrogens is 2. The molecule has 0 atom stereocenters. The second-order valence-electron chi connectivity index (χ2n) is 5.32. The number of para-hydroxylation sites is 2. The number of rotatable bonds is 3. The molecule has 0 saturated carbocycles. The van der Waals surface area contributed by atoms with Gasteiger partial charge in [-0.1, -0.05) is 24.3 Å². The Morgan fingerprint density at radius 1 is 1.00 bits per heavy atom. The summed E-state index contributed by atoms with van der Waals surface area (Å²) in [5, 5.41) is 3.66. The van der Waals surface area contributed by atoms with Crippen molar-refractivity contribution in [2.45, 2.75) is 0 Å². The molecule has 122 valence electrons. The second kappa shape index (κ2) is 6.74. The van der Waals surface area contributed by atoms with Crippen molar-refractivity contribution in [1.82, 2.24) is 9.97 Å². The predicted molar refractivity (Wildman–Crippen MR) is 105 cm³/mol. The van der Waals surface area contributed by atoms with Gasteiger partial charge in [-0.15, -0.1) is 11.3 Å². The maximum Gasteiger partial charge on any atom is 0.258 e. The van der Waals surface area contributed by atoms with Crippen LogP contribution in [0.5, 0.6) is 0 Å². The highest BCUT2D eigenvalue weighted by Crippen LogP contribution is 2.31. The van der Waals surface area contributed by atoms with Crippen LogP contribution in [0.15, 0.2) is 71.3 Å². The first kappa shape index (κ1) is 15.9. The average molecular weight is 410 g/mol. The van der Waals surface area contributed by atoms with Crippen LogP contribution in [0.4, 0.5) is 5.69 Å². The minimum absolute atomic E-state index is 0.214. The average Bonchev–Trinajstić information content (AvgIpc) is 3.07. The van der Waals surface area contributed by atoms with Gasteiger partial charge < -0.3 is 5.32 Å². The lowest BCUT2D eigenvalue weighted by atomic mass is 10.1. The summed E-state index contributed by atoms with van der Waals surface area (Å²) >= 11 is 4.97. The van der Waals surface area contributed by atoms with E-state index < -0.39 is 0 Å². The largest absolute Gasteiger partial charge is 0.321 e. The molecule has 25 heavy (non-hydrogen) atoms. The van der Waals surface area contributed by atoms with Crippen LogP contribution >= 0.6 is 27.3 Å². The number of hydrogen-bond donors (Lipinski definition) is 1. The Kier molecular flexibility index (Phi) is 4.29. The SMILES string of the molecule is O=C(Nc1ccccc1Br)c1cccnc1-c1nc2ccccc2s1. The maximum atomic E-state index is 12.8. The molecule has 0 fully saturated rings. The highest BCUT2D eigenvalue weighted by molar-refractivity contribution is 9.10. The predicted octanol–water partition coefficient (Wildman–Crippen LogP) is 5.37. The molecule has 1 amide bonds. The number of hydrogen-bond acceptors (Lipinski definition) is 4. The van der Waals surface area contributed by atoms with Crippen LogP contribution in [0.25, 0.3) is 20.9 Å². The van der Waals surface area contributed by atoms with Crippen molar-refractivity contribution in [3.05, 3.63) is 76.9 Å². The summed E-state index contributed by atoms with van der Waals surface area (Å²) in [5.41, 5.74) is 2.71. The number of carbonyl (C=O) groups is 1. The summed E-state index contributed by atoms with van der Waals surface area (Å²) in [5.74, 6) is -0.214. The lowest BCUT2D eigenvalue weighted by Gasteiger charge is -2.09. The van der Waals surface area contributed by atoms with Crippen molar-refractivity contribution in [2.24, 2.45) is 0 Å². The minimum atomic E-state index is -0.214. The highest BCUT2D eigenvalue weighted by atomic mass is 79.9. The molecule has 6 heteroatoms. The molecule has 0 radical (unpaired) electrons. The Balaban J connectivity index is 1.74. The molecule has 0 aliphatic carbocycles. The van der Waals surface area contributed by atoms with Crippen LogP contribution in [0, 0.1) is 0 Å². The molecule has 4 aromatic rings. The van der Waals surface area contributed by atoms with E-state index in [2.05, 4.69) is 31.2 Å². The summed E-state index contributed by atoms with van der Waals surface area (Å²) < 4.78 is 1.90. The Hall–Kier alpha value is -2.57. The summed E-state index contributed by atoms with van der Waals surface area (Å²) in [7, 11) is 0. The molecular weight excluding hydrogens is 398 g/mol. The maximum absolute atomic E-state index is 12.8. The molecular formula is C19H12BrN3OS. The van der Waals surface area contributed by atoms with Gasteiger partial charge in [-0.05, 0) is 52.3 Å². The van der Waals surface area contributed by atoms with E-state index in [1.807, 2.05) is 48.5 Å². The van der Waals surface area contributed by atoms with Gasteiger partial charge in [0.15, 0.2) is 0 Å². The third-order valence-corrected chi connectivity index (χ3v) is 5.41. The van der Waals surface area contributed by atoms with Crippen LogP contribution in [0.3, 0.4) is 0 Å². The van der Waals surface area contributed by atoms with Crippen molar-refractivity contribution in [2.75, 3.05) is 5.32 Å². The number of halogens is 1. The fourth-order valence-corrected chi connectivity index (χ4v) is 3.85. The van der Waals surface area contributed by atoms with Gasteiger partial charge in [0.1, 0.15) is 10.7 Å². The number of anilines is 1. The van der Waals surface area contributed by atoms with Crippen LogP contribution in [0.2, 0.25) is 0 Å². The fourth-order valence-electron chi connectivity index (χ4n) is 2.48. The molecule has 1 N–H and O–H groups in total. The number of carbonyl (C=O) groups excluding carboxylic acids is 1. The molecule has 2 aromatic carbocycles. The first-order chi connectivity index (χ1) is 12.2. The van der Waals surface area contributed by atoms with Crippen molar-refractivity contribution < 1.29 is 4.79 Å². The number of benzene rings is 2. The van der Waals surface area contributed by atoms with Crippen molar-refractivity contribution in [3.8, 4) is 10.7 Å². The van der Waals surface area contributed by atoms with E-state index in [4.69, 9.17) is 0 Å². The van der Waals surface area contributed by atoms with E-state index in [9.17, 15) is 4.79 Å². The lowest BCUT2D eigenvalue weighted by Crippen LogP contribution is -2.14. The molecule has 0 spiro atoms.